The van der Waals surface area contributed by atoms with Crippen molar-refractivity contribution in [1.29, 1.82) is 5.26 Å². The number of rotatable bonds is 2. The molecule has 2 aliphatic rings. The molecule has 24 heavy (non-hydrogen) atoms. The topological polar surface area (TPSA) is 50.8 Å². The fourth-order valence-corrected chi connectivity index (χ4v) is 3.72. The van der Waals surface area contributed by atoms with Crippen LogP contribution < -0.4 is 0 Å². The highest BCUT2D eigenvalue weighted by Crippen LogP contribution is 2.38. The van der Waals surface area contributed by atoms with Crippen LogP contribution in [-0.4, -0.2) is 16.4 Å². The van der Waals surface area contributed by atoms with Crippen LogP contribution in [0.25, 0.3) is 17.3 Å². The Balaban J connectivity index is 1.96. The number of ether oxygens (including phenoxy) is 1. The zero-order valence-corrected chi connectivity index (χ0v) is 14.0. The summed E-state index contributed by atoms with van der Waals surface area (Å²) in [6.07, 6.45) is 9.55. The van der Waals surface area contributed by atoms with Crippen molar-refractivity contribution < 1.29 is 4.74 Å². The van der Waals surface area contributed by atoms with Gasteiger partial charge in [0, 0.05) is 17.7 Å². The summed E-state index contributed by atoms with van der Waals surface area (Å²) in [4.78, 5) is 0. The van der Waals surface area contributed by atoms with Crippen LogP contribution >= 0.6 is 0 Å². The summed E-state index contributed by atoms with van der Waals surface area (Å²) in [5.41, 5.74) is 6.12. The molecular weight excluding hydrogens is 298 g/mol. The van der Waals surface area contributed by atoms with Gasteiger partial charge in [-0.15, -0.1) is 0 Å². The van der Waals surface area contributed by atoms with Crippen molar-refractivity contribution in [1.82, 2.24) is 9.78 Å². The Morgan fingerprint density at radius 1 is 1.33 bits per heavy atom. The second-order valence-electron chi connectivity index (χ2n) is 6.53. The number of aryl methyl sites for hydroxylation is 2. The summed E-state index contributed by atoms with van der Waals surface area (Å²) < 4.78 is 8.06. The minimum atomic E-state index is -0.0288. The zero-order valence-electron chi connectivity index (χ0n) is 14.0. The van der Waals surface area contributed by atoms with E-state index < -0.39 is 0 Å². The maximum absolute atomic E-state index is 9.62. The average Bonchev–Trinajstić information content (AvgIpc) is 3.01. The van der Waals surface area contributed by atoms with E-state index in [0.29, 0.717) is 5.56 Å². The van der Waals surface area contributed by atoms with Crippen molar-refractivity contribution in [2.45, 2.75) is 45.3 Å². The van der Waals surface area contributed by atoms with Gasteiger partial charge in [-0.1, -0.05) is 24.3 Å². The first-order chi connectivity index (χ1) is 11.8. The van der Waals surface area contributed by atoms with Gasteiger partial charge in [-0.3, -0.25) is 0 Å². The Bertz CT molecular complexity index is 835. The van der Waals surface area contributed by atoms with Gasteiger partial charge in [0.1, 0.15) is 0 Å². The molecular formula is C20H21N3O. The quantitative estimate of drug-likeness (QED) is 0.825. The third-order valence-electron chi connectivity index (χ3n) is 4.91. The first-order valence-electron chi connectivity index (χ1n) is 8.69. The third kappa shape index (κ3) is 2.46. The minimum absolute atomic E-state index is 0.0288. The molecule has 0 radical (unpaired) electrons. The fourth-order valence-electron chi connectivity index (χ4n) is 3.72. The zero-order chi connectivity index (χ0) is 16.5. The highest BCUT2D eigenvalue weighted by atomic mass is 16.5. The first-order valence-corrected chi connectivity index (χ1v) is 8.69. The van der Waals surface area contributed by atoms with Crippen molar-refractivity contribution in [3.05, 3.63) is 46.7 Å². The largest absolute Gasteiger partial charge is 0.356 e. The monoisotopic (exact) mass is 319 g/mol. The van der Waals surface area contributed by atoms with Crippen molar-refractivity contribution >= 4 is 6.08 Å². The lowest BCUT2D eigenvalue weighted by atomic mass is 9.93. The van der Waals surface area contributed by atoms with Crippen LogP contribution in [-0.2, 0) is 11.2 Å². The molecule has 4 rings (SSSR count). The summed E-state index contributed by atoms with van der Waals surface area (Å²) in [5, 5.41) is 14.5. The molecule has 1 aliphatic heterocycles. The van der Waals surface area contributed by atoms with Crippen molar-refractivity contribution in [2.75, 3.05) is 6.61 Å². The molecule has 1 saturated heterocycles. The van der Waals surface area contributed by atoms with Crippen LogP contribution in [0.2, 0.25) is 0 Å². The van der Waals surface area contributed by atoms with Gasteiger partial charge in [0.2, 0.25) is 0 Å². The van der Waals surface area contributed by atoms with Gasteiger partial charge < -0.3 is 4.74 Å². The van der Waals surface area contributed by atoms with Crippen LogP contribution in [0.15, 0.2) is 24.3 Å². The van der Waals surface area contributed by atoms with E-state index in [2.05, 4.69) is 31.2 Å². The Morgan fingerprint density at radius 2 is 2.25 bits per heavy atom. The SMILES string of the molecule is Cc1cccc(C#N)c1-c1c2c(nn1C1CCCCO1)CCC=C2. The van der Waals surface area contributed by atoms with Crippen molar-refractivity contribution in [2.24, 2.45) is 0 Å². The van der Waals surface area contributed by atoms with Crippen molar-refractivity contribution in [3.63, 3.8) is 0 Å². The van der Waals surface area contributed by atoms with E-state index in [-0.39, 0.29) is 6.23 Å². The van der Waals surface area contributed by atoms with Crippen LogP contribution in [0.3, 0.4) is 0 Å². The number of hydrogen-bond donors (Lipinski definition) is 0. The normalized spacial score (nSPS) is 19.8. The van der Waals surface area contributed by atoms with Crippen molar-refractivity contribution in [3.8, 4) is 17.3 Å². The van der Waals surface area contributed by atoms with E-state index in [4.69, 9.17) is 9.84 Å². The summed E-state index contributed by atoms with van der Waals surface area (Å²) in [5.74, 6) is 0. The van der Waals surface area contributed by atoms with Gasteiger partial charge in [0.05, 0.1) is 23.0 Å². The number of nitrogens with zero attached hydrogens (tertiary/aromatic N) is 3. The molecule has 0 bridgehead atoms. The molecule has 1 aromatic heterocycles. The fraction of sp³-hybridized carbons (Fsp3) is 0.400. The van der Waals surface area contributed by atoms with E-state index >= 15 is 0 Å². The molecule has 4 heteroatoms. The van der Waals surface area contributed by atoms with Gasteiger partial charge in [0.15, 0.2) is 6.23 Å². The highest BCUT2D eigenvalue weighted by Gasteiger charge is 2.27. The Morgan fingerprint density at radius 3 is 3.04 bits per heavy atom. The molecule has 2 heterocycles. The average molecular weight is 319 g/mol. The lowest BCUT2D eigenvalue weighted by Gasteiger charge is -2.25. The van der Waals surface area contributed by atoms with Gasteiger partial charge in [0.25, 0.3) is 0 Å². The first kappa shape index (κ1) is 15.2. The second-order valence-corrected chi connectivity index (χ2v) is 6.53. The molecule has 1 aliphatic carbocycles. The number of hydrogen-bond acceptors (Lipinski definition) is 3. The number of aromatic nitrogens is 2. The van der Waals surface area contributed by atoms with Crippen LogP contribution in [0.4, 0.5) is 0 Å². The Kier molecular flexibility index (Phi) is 3.95. The number of allylic oxidation sites excluding steroid dienone is 1. The molecule has 0 amide bonds. The van der Waals surface area contributed by atoms with E-state index in [9.17, 15) is 5.26 Å². The lowest BCUT2D eigenvalue weighted by Crippen LogP contribution is -2.20. The highest BCUT2D eigenvalue weighted by molar-refractivity contribution is 5.80. The second kappa shape index (κ2) is 6.26. The predicted octanol–water partition coefficient (Wildman–Crippen LogP) is 4.39. The maximum atomic E-state index is 9.62. The summed E-state index contributed by atoms with van der Waals surface area (Å²) >= 11 is 0. The standard InChI is InChI=1S/C20H21N3O/c1-14-7-6-8-15(13-21)19(14)20-16-9-2-3-10-17(16)22-23(20)18-11-4-5-12-24-18/h2,6-9,18H,3-5,10-12H2,1H3. The minimum Gasteiger partial charge on any atom is -0.356 e. The maximum Gasteiger partial charge on any atom is 0.150 e. The molecule has 1 fully saturated rings. The molecule has 0 spiro atoms. The van der Waals surface area contributed by atoms with Crippen LogP contribution in [0.5, 0.6) is 0 Å². The third-order valence-corrected chi connectivity index (χ3v) is 4.91. The van der Waals surface area contributed by atoms with Gasteiger partial charge >= 0.3 is 0 Å². The molecule has 1 unspecified atom stereocenters. The lowest BCUT2D eigenvalue weighted by molar-refractivity contribution is -0.0385. The van der Waals surface area contributed by atoms with Crippen LogP contribution in [0, 0.1) is 18.3 Å². The number of benzene rings is 1. The Hall–Kier alpha value is -2.38. The predicted molar refractivity (Wildman–Crippen MR) is 93.3 cm³/mol. The van der Waals surface area contributed by atoms with Gasteiger partial charge in [-0.2, -0.15) is 10.4 Å². The molecule has 0 N–H and O–H groups in total. The number of nitriles is 1. The molecule has 2 aromatic rings. The summed E-state index contributed by atoms with van der Waals surface area (Å²) in [6, 6.07) is 8.25. The summed E-state index contributed by atoms with van der Waals surface area (Å²) in [6.45, 7) is 2.84. The molecule has 1 aromatic carbocycles. The number of fused-ring (bicyclic) bond motifs is 1. The Labute approximate surface area is 142 Å². The summed E-state index contributed by atoms with van der Waals surface area (Å²) in [7, 11) is 0. The van der Waals surface area contributed by atoms with Gasteiger partial charge in [-0.25, -0.2) is 4.68 Å². The molecule has 4 nitrogen and oxygen atoms in total. The van der Waals surface area contributed by atoms with Crippen LogP contribution in [0.1, 0.15) is 54.3 Å². The van der Waals surface area contributed by atoms with E-state index in [0.717, 1.165) is 66.8 Å². The van der Waals surface area contributed by atoms with E-state index in [1.807, 2.05) is 16.8 Å². The van der Waals surface area contributed by atoms with E-state index in [1.165, 1.54) is 0 Å². The van der Waals surface area contributed by atoms with Gasteiger partial charge in [-0.05, 0) is 50.7 Å². The molecule has 1 atom stereocenters. The smallest absolute Gasteiger partial charge is 0.150 e. The molecule has 0 saturated carbocycles. The van der Waals surface area contributed by atoms with E-state index in [1.54, 1.807) is 0 Å². The molecule has 122 valence electrons.